The number of piperazine rings is 1. The van der Waals surface area contributed by atoms with Crippen molar-refractivity contribution in [1.82, 2.24) is 64.7 Å². The van der Waals surface area contributed by atoms with Crippen LogP contribution >= 0.6 is 0 Å². The van der Waals surface area contributed by atoms with Crippen LogP contribution < -0.4 is 20.9 Å². The fourth-order valence-corrected chi connectivity index (χ4v) is 10.8. The largest absolute Gasteiger partial charge is 0.439 e. The number of carbonyl (C=O) groups excluding carboxylic acids is 4. The summed E-state index contributed by atoms with van der Waals surface area (Å²) in [5, 5.41) is 17.3. The van der Waals surface area contributed by atoms with Crippen LogP contribution in [0.15, 0.2) is 35.4 Å². The molecule has 384 valence electrons. The van der Waals surface area contributed by atoms with Crippen molar-refractivity contribution < 1.29 is 32.8 Å². The molecule has 1 aromatic carbocycles. The number of hydrogen-bond acceptors (Lipinski definition) is 16. The van der Waals surface area contributed by atoms with Crippen LogP contribution in [0.4, 0.5) is 31.3 Å². The number of nitrogens with one attached hydrogen (secondary N) is 1. The highest BCUT2D eigenvalue weighted by Crippen LogP contribution is 2.48. The number of aryl methyl sites for hydroxylation is 1. The van der Waals surface area contributed by atoms with E-state index in [1.54, 1.807) is 29.0 Å². The molecule has 1 saturated carbocycles. The van der Waals surface area contributed by atoms with Gasteiger partial charge in [0.05, 0.1) is 22.2 Å². The Morgan fingerprint density at radius 2 is 1.59 bits per heavy atom. The third kappa shape index (κ3) is 9.38. The van der Waals surface area contributed by atoms with Gasteiger partial charge in [0.25, 0.3) is 5.91 Å². The van der Waals surface area contributed by atoms with E-state index in [0.29, 0.717) is 120 Å². The Kier molecular flexibility index (Phi) is 12.7. The average Bonchev–Trinajstić information content (AvgIpc) is 3.86. The molecule has 6 aromatic rings. The van der Waals surface area contributed by atoms with Crippen LogP contribution in [-0.4, -0.2) is 155 Å². The molecule has 5 amide bonds. The molecule has 0 bridgehead atoms. The minimum absolute atomic E-state index is 0.140. The number of aromatic nitrogens is 9. The zero-order chi connectivity index (χ0) is 50.7. The summed E-state index contributed by atoms with van der Waals surface area (Å²) in [6.07, 6.45) is 11.0. The third-order valence-corrected chi connectivity index (χ3v) is 15.2. The van der Waals surface area contributed by atoms with Crippen molar-refractivity contribution in [3.63, 3.8) is 0 Å². The van der Waals surface area contributed by atoms with E-state index in [9.17, 15) is 19.2 Å². The Balaban J connectivity index is 0.619. The summed E-state index contributed by atoms with van der Waals surface area (Å²) < 4.78 is 30.9. The molecule has 0 radical (unpaired) electrons. The number of fused-ring (bicyclic) bond motifs is 2. The van der Waals surface area contributed by atoms with Gasteiger partial charge in [-0.3, -0.25) is 29.4 Å². The van der Waals surface area contributed by atoms with Gasteiger partial charge in [-0.25, -0.2) is 38.6 Å². The van der Waals surface area contributed by atoms with Crippen LogP contribution in [0.3, 0.4) is 0 Å². The summed E-state index contributed by atoms with van der Waals surface area (Å²) >= 11 is 0. The molecule has 11 rings (SSSR count). The lowest BCUT2D eigenvalue weighted by molar-refractivity contribution is -0.136. The maximum atomic E-state index is 16.1. The van der Waals surface area contributed by atoms with Crippen molar-refractivity contribution >= 4 is 63.2 Å². The highest BCUT2D eigenvalue weighted by molar-refractivity contribution is 6.09. The number of rotatable bonds is 11. The second kappa shape index (κ2) is 19.3. The summed E-state index contributed by atoms with van der Waals surface area (Å²) in [4.78, 5) is 78.4. The number of halogens is 1. The van der Waals surface area contributed by atoms with E-state index in [2.05, 4.69) is 35.3 Å². The molecular formula is C50H61FN16O6. The van der Waals surface area contributed by atoms with Gasteiger partial charge < -0.3 is 29.7 Å². The van der Waals surface area contributed by atoms with Gasteiger partial charge in [-0.2, -0.15) is 10.2 Å². The van der Waals surface area contributed by atoms with Crippen LogP contribution in [0, 0.1) is 11.7 Å². The molecule has 1 aliphatic carbocycles. The quantitative estimate of drug-likeness (QED) is 0.165. The van der Waals surface area contributed by atoms with Crippen LogP contribution in [0.2, 0.25) is 0 Å². The number of amides is 5. The van der Waals surface area contributed by atoms with Crippen LogP contribution in [0.1, 0.15) is 95.3 Å². The zero-order valence-electron chi connectivity index (χ0n) is 41.7. The number of piperidine rings is 2. The van der Waals surface area contributed by atoms with Crippen molar-refractivity contribution in [1.29, 1.82) is 0 Å². The normalized spacial score (nSPS) is 18.9. The topological polar surface area (TPSA) is 245 Å². The molecule has 22 nitrogen and oxygen atoms in total. The van der Waals surface area contributed by atoms with E-state index in [0.717, 1.165) is 63.1 Å². The van der Waals surface area contributed by atoms with Gasteiger partial charge in [-0.1, -0.05) is 5.16 Å². The Bertz CT molecular complexity index is 3080. The Morgan fingerprint density at radius 1 is 0.863 bits per heavy atom. The lowest BCUT2D eigenvalue weighted by atomic mass is 9.91. The molecule has 0 atom stereocenters. The Labute approximate surface area is 420 Å². The summed E-state index contributed by atoms with van der Waals surface area (Å²) in [5.74, 6) is 1.79. The minimum Gasteiger partial charge on any atom is -0.439 e. The first kappa shape index (κ1) is 48.0. The number of nitrogens with two attached hydrogens (primary N) is 1. The maximum absolute atomic E-state index is 16.1. The molecule has 73 heavy (non-hydrogen) atoms. The summed E-state index contributed by atoms with van der Waals surface area (Å²) in [5.41, 5.74) is 10.1. The van der Waals surface area contributed by atoms with E-state index in [4.69, 9.17) is 30.1 Å². The first-order valence-electron chi connectivity index (χ1n) is 25.5. The molecule has 23 heteroatoms. The molecular weight excluding hydrogens is 940 g/mol. The zero-order valence-corrected chi connectivity index (χ0v) is 41.7. The van der Waals surface area contributed by atoms with E-state index in [1.165, 1.54) is 15.9 Å². The monoisotopic (exact) mass is 1000 g/mol. The average molecular weight is 1000 g/mol. The molecule has 0 unspecified atom stereocenters. The number of nitrogen functional groups attached to an aromatic ring is 1. The standard InChI is InChI=1S/C50H61FN16O6/c1-50(2,3)67-47-38(44(52)55-28-56-47)40(58-67)41-37(43(73-60-41)31-5-6-31)45-53-25-32(26-54-45)30-12-18-65(19-13-30)49(71)72-27-36(69)64-16-10-29(11-17-64)9-15-62-21-23-63(24-22-62)34-8-7-33-42(39(34)51)61(4)59-46(33)66-20-14-35(68)57-48(66)70/h7-8,25-26,28-31H,5-6,9-24,27H2,1-4H3,(H2,52,55,56)(H,57,68,70). The molecule has 3 N–H and O–H groups in total. The molecule has 9 heterocycles. The molecule has 4 saturated heterocycles. The summed E-state index contributed by atoms with van der Waals surface area (Å²) in [6.45, 7) is 12.1. The highest BCUT2D eigenvalue weighted by Gasteiger charge is 2.38. The molecule has 5 aromatic heterocycles. The van der Waals surface area contributed by atoms with Crippen molar-refractivity contribution in [2.45, 2.75) is 89.5 Å². The van der Waals surface area contributed by atoms with Gasteiger partial charge in [0.15, 0.2) is 35.5 Å². The fraction of sp³-hybridized carbons (Fsp3) is 0.540. The number of hydrogen-bond donors (Lipinski definition) is 2. The van der Waals surface area contributed by atoms with E-state index in [-0.39, 0.29) is 49.0 Å². The van der Waals surface area contributed by atoms with E-state index < -0.39 is 17.7 Å². The van der Waals surface area contributed by atoms with Gasteiger partial charge in [0, 0.05) is 96.1 Å². The van der Waals surface area contributed by atoms with Crippen LogP contribution in [-0.2, 0) is 26.9 Å². The number of carbonyl (C=O) groups is 4. The number of likely N-dealkylation sites (tertiary alicyclic amines) is 2. The van der Waals surface area contributed by atoms with Crippen molar-refractivity contribution in [3.05, 3.63) is 48.0 Å². The molecule has 4 aliphatic heterocycles. The van der Waals surface area contributed by atoms with Gasteiger partial charge in [0.2, 0.25) is 5.91 Å². The first-order valence-corrected chi connectivity index (χ1v) is 25.5. The maximum Gasteiger partial charge on any atom is 0.410 e. The smallest absolute Gasteiger partial charge is 0.410 e. The first-order chi connectivity index (χ1) is 35.2. The van der Waals surface area contributed by atoms with Gasteiger partial charge in [-0.15, -0.1) is 0 Å². The Morgan fingerprint density at radius 3 is 2.29 bits per heavy atom. The number of benzene rings is 1. The predicted octanol–water partition coefficient (Wildman–Crippen LogP) is 5.39. The third-order valence-electron chi connectivity index (χ3n) is 15.2. The molecule has 5 fully saturated rings. The lowest BCUT2D eigenvalue weighted by Crippen LogP contribution is -2.49. The van der Waals surface area contributed by atoms with Crippen molar-refractivity contribution in [2.75, 3.05) is 87.6 Å². The molecule has 0 spiro atoms. The number of nitrogens with zero attached hydrogens (tertiary/aromatic N) is 14. The second-order valence-electron chi connectivity index (χ2n) is 21.0. The number of anilines is 3. The summed E-state index contributed by atoms with van der Waals surface area (Å²) in [7, 11) is 1.66. The summed E-state index contributed by atoms with van der Waals surface area (Å²) in [6, 6.07) is 3.00. The minimum atomic E-state index is -0.557. The number of imide groups is 1. The van der Waals surface area contributed by atoms with Crippen molar-refractivity contribution in [3.8, 4) is 22.8 Å². The van der Waals surface area contributed by atoms with Crippen LogP contribution in [0.5, 0.6) is 0 Å². The van der Waals surface area contributed by atoms with Crippen molar-refractivity contribution in [2.24, 2.45) is 13.0 Å². The van der Waals surface area contributed by atoms with Gasteiger partial charge in [0.1, 0.15) is 29.0 Å². The van der Waals surface area contributed by atoms with E-state index in [1.807, 2.05) is 37.8 Å². The number of urea groups is 1. The second-order valence-corrected chi connectivity index (χ2v) is 21.0. The molecule has 5 aliphatic rings. The predicted molar refractivity (Wildman–Crippen MR) is 267 cm³/mol. The van der Waals surface area contributed by atoms with Gasteiger partial charge >= 0.3 is 12.1 Å². The van der Waals surface area contributed by atoms with E-state index >= 15 is 4.39 Å². The SMILES string of the molecule is Cn1nc(N2CCC(=O)NC2=O)c2ccc(N3CCN(CCC4CCN(C(=O)COC(=O)N5CCC(c6cnc(-c7c(-c8nn(C(C)(C)C)c9ncnc(N)c89)noc7C7CC7)nc6)CC5)CC4)CC3)c(F)c21. The fourth-order valence-electron chi connectivity index (χ4n) is 10.8. The van der Waals surface area contributed by atoms with Crippen LogP contribution in [0.25, 0.3) is 44.7 Å². The highest BCUT2D eigenvalue weighted by atomic mass is 19.1. The number of ether oxygens (including phenoxy) is 1. The lowest BCUT2D eigenvalue weighted by Gasteiger charge is -2.38. The van der Waals surface area contributed by atoms with Gasteiger partial charge in [-0.05, 0) is 102 Å². The Hall–Kier alpha value is -7.30.